The van der Waals surface area contributed by atoms with Crippen molar-refractivity contribution in [1.29, 1.82) is 0 Å². The average molecular weight is 394 g/mol. The predicted octanol–water partition coefficient (Wildman–Crippen LogP) is -0.751. The van der Waals surface area contributed by atoms with Crippen molar-refractivity contribution < 1.29 is 39.6 Å². The highest BCUT2D eigenvalue weighted by atomic mass is 32.2. The summed E-state index contributed by atoms with van der Waals surface area (Å²) in [7, 11) is 0. The van der Waals surface area contributed by atoms with E-state index in [9.17, 15) is 34.5 Å². The third kappa shape index (κ3) is 3.22. The lowest BCUT2D eigenvalue weighted by atomic mass is 10.0. The van der Waals surface area contributed by atoms with Gasteiger partial charge in [0.05, 0.1) is 5.57 Å². The van der Waals surface area contributed by atoms with Gasteiger partial charge in [0.1, 0.15) is 22.9 Å². The number of aliphatic carboxylic acids is 2. The first-order chi connectivity index (χ1) is 12.7. The number of hydrogen-bond donors (Lipinski definition) is 5. The summed E-state index contributed by atoms with van der Waals surface area (Å²) in [6.07, 6.45) is -1.59. The monoisotopic (exact) mass is 394 g/mol. The van der Waals surface area contributed by atoms with Gasteiger partial charge in [-0.25, -0.2) is 9.59 Å². The SMILES string of the molecule is O=C(O)C1=C(C(=O)O)N2C(=O)C(NC(=O)[C@H](O)c3ccc(O)cc3)[C@H]2SC1. The quantitative estimate of drug-likeness (QED) is 0.404. The van der Waals surface area contributed by atoms with Crippen molar-refractivity contribution in [2.45, 2.75) is 17.5 Å². The Bertz CT molecular complexity index is 866. The first kappa shape index (κ1) is 18.7. The average Bonchev–Trinajstić information content (AvgIpc) is 2.64. The summed E-state index contributed by atoms with van der Waals surface area (Å²) in [5, 5.41) is 39.3. The largest absolute Gasteiger partial charge is 0.508 e. The molecule has 2 aliphatic rings. The van der Waals surface area contributed by atoms with Gasteiger partial charge in [0.25, 0.3) is 11.8 Å². The van der Waals surface area contributed by atoms with E-state index in [1.165, 1.54) is 24.3 Å². The molecule has 3 atom stereocenters. The number of phenolic OH excluding ortho intramolecular Hbond substituents is 1. The molecule has 2 heterocycles. The molecule has 3 rings (SSSR count). The molecule has 10 nitrogen and oxygen atoms in total. The lowest BCUT2D eigenvalue weighted by Gasteiger charge is -2.49. The van der Waals surface area contributed by atoms with Crippen LogP contribution in [0.15, 0.2) is 35.5 Å². The zero-order valence-electron chi connectivity index (χ0n) is 13.5. The molecule has 1 saturated heterocycles. The lowest BCUT2D eigenvalue weighted by Crippen LogP contribution is -2.71. The first-order valence-electron chi connectivity index (χ1n) is 7.64. The molecule has 2 amide bonds. The number of fused-ring (bicyclic) bond motifs is 1. The van der Waals surface area contributed by atoms with Crippen LogP contribution >= 0.6 is 11.8 Å². The second-order valence-electron chi connectivity index (χ2n) is 5.83. The number of aliphatic hydroxyl groups is 1. The number of carbonyl (C=O) groups excluding carboxylic acids is 2. The van der Waals surface area contributed by atoms with Crippen LogP contribution in [-0.2, 0) is 19.2 Å². The molecule has 0 spiro atoms. The van der Waals surface area contributed by atoms with Gasteiger partial charge in [0, 0.05) is 5.75 Å². The number of phenols is 1. The van der Waals surface area contributed by atoms with Gasteiger partial charge in [-0.15, -0.1) is 11.8 Å². The summed E-state index contributed by atoms with van der Waals surface area (Å²) in [5.74, 6) is -4.80. The molecule has 0 aliphatic carbocycles. The Morgan fingerprint density at radius 3 is 2.33 bits per heavy atom. The van der Waals surface area contributed by atoms with E-state index in [0.29, 0.717) is 0 Å². The Hall–Kier alpha value is -3.05. The molecule has 5 N–H and O–H groups in total. The summed E-state index contributed by atoms with van der Waals surface area (Å²) in [5.41, 5.74) is -0.809. The Kier molecular flexibility index (Phi) is 4.81. The van der Waals surface area contributed by atoms with Crippen molar-refractivity contribution in [3.05, 3.63) is 41.1 Å². The Morgan fingerprint density at radius 1 is 1.15 bits per heavy atom. The van der Waals surface area contributed by atoms with Gasteiger partial charge in [-0.3, -0.25) is 14.5 Å². The Balaban J connectivity index is 1.75. The van der Waals surface area contributed by atoms with Crippen LogP contribution < -0.4 is 5.32 Å². The third-order valence-corrected chi connectivity index (χ3v) is 5.46. The molecule has 11 heteroatoms. The number of thioether (sulfide) groups is 1. The van der Waals surface area contributed by atoms with Gasteiger partial charge in [0.2, 0.25) is 0 Å². The highest BCUT2D eigenvalue weighted by molar-refractivity contribution is 8.00. The van der Waals surface area contributed by atoms with Crippen LogP contribution in [0.25, 0.3) is 0 Å². The molecule has 2 aliphatic heterocycles. The highest BCUT2D eigenvalue weighted by Crippen LogP contribution is 2.40. The van der Waals surface area contributed by atoms with Crippen molar-refractivity contribution in [3.8, 4) is 5.75 Å². The van der Waals surface area contributed by atoms with Gasteiger partial charge in [0.15, 0.2) is 6.10 Å². The normalized spacial score (nSPS) is 22.6. The van der Waals surface area contributed by atoms with Crippen LogP contribution in [-0.4, -0.2) is 66.2 Å². The number of carbonyl (C=O) groups is 4. The Morgan fingerprint density at radius 2 is 1.78 bits per heavy atom. The number of β-lactam (4-membered cyclic amide) rings is 1. The van der Waals surface area contributed by atoms with E-state index in [1.807, 2.05) is 0 Å². The van der Waals surface area contributed by atoms with Crippen molar-refractivity contribution in [3.63, 3.8) is 0 Å². The van der Waals surface area contributed by atoms with Crippen molar-refractivity contribution in [2.24, 2.45) is 0 Å². The second kappa shape index (κ2) is 6.93. The van der Waals surface area contributed by atoms with Crippen LogP contribution in [0.2, 0.25) is 0 Å². The second-order valence-corrected chi connectivity index (χ2v) is 6.93. The summed E-state index contributed by atoms with van der Waals surface area (Å²) in [6.45, 7) is 0. The fraction of sp³-hybridized carbons (Fsp3) is 0.250. The van der Waals surface area contributed by atoms with E-state index in [-0.39, 0.29) is 17.1 Å². The van der Waals surface area contributed by atoms with E-state index in [4.69, 9.17) is 5.11 Å². The van der Waals surface area contributed by atoms with Crippen LogP contribution in [0.1, 0.15) is 11.7 Å². The van der Waals surface area contributed by atoms with E-state index in [0.717, 1.165) is 16.7 Å². The fourth-order valence-electron chi connectivity index (χ4n) is 2.82. The molecule has 1 unspecified atom stereocenters. The molecule has 0 radical (unpaired) electrons. The molecular formula is C16H14N2O8S. The summed E-state index contributed by atoms with van der Waals surface area (Å²) < 4.78 is 0. The number of nitrogens with zero attached hydrogens (tertiary/aromatic N) is 1. The molecule has 1 aromatic carbocycles. The standard InChI is InChI=1S/C16H14N2O8S/c19-7-3-1-6(2-4-7)11(20)12(21)17-9-13(22)18-10(16(25)26)8(15(23)24)5-27-14(9)18/h1-4,9,11,14,19-20H,5H2,(H,17,21)(H,23,24)(H,25,26)/t9?,11-,14-/m1/s1. The minimum absolute atomic E-state index is 0.0444. The maximum absolute atomic E-state index is 12.3. The van der Waals surface area contributed by atoms with Gasteiger partial charge >= 0.3 is 11.9 Å². The zero-order valence-corrected chi connectivity index (χ0v) is 14.3. The molecule has 1 fully saturated rings. The number of rotatable bonds is 5. The van der Waals surface area contributed by atoms with Crippen molar-refractivity contribution >= 4 is 35.5 Å². The lowest BCUT2D eigenvalue weighted by molar-refractivity contribution is -0.152. The van der Waals surface area contributed by atoms with Gasteiger partial charge in [-0.1, -0.05) is 12.1 Å². The predicted molar refractivity (Wildman–Crippen MR) is 90.4 cm³/mol. The number of carboxylic acids is 2. The number of carboxylic acid groups (broad SMARTS) is 2. The third-order valence-electron chi connectivity index (χ3n) is 4.18. The maximum Gasteiger partial charge on any atom is 0.353 e. The maximum atomic E-state index is 12.3. The van der Waals surface area contributed by atoms with Crippen LogP contribution in [0.4, 0.5) is 0 Å². The zero-order chi connectivity index (χ0) is 19.9. The molecule has 1 aromatic rings. The fourth-order valence-corrected chi connectivity index (χ4v) is 4.16. The molecule has 0 aromatic heterocycles. The van der Waals surface area contributed by atoms with E-state index >= 15 is 0 Å². The van der Waals surface area contributed by atoms with Crippen LogP contribution in [0.3, 0.4) is 0 Å². The number of benzene rings is 1. The molecular weight excluding hydrogens is 380 g/mol. The summed E-state index contributed by atoms with van der Waals surface area (Å²) in [6, 6.07) is 4.17. The van der Waals surface area contributed by atoms with Crippen molar-refractivity contribution in [1.82, 2.24) is 10.2 Å². The number of aromatic hydroxyl groups is 1. The van der Waals surface area contributed by atoms with Gasteiger partial charge in [-0.05, 0) is 17.7 Å². The summed E-state index contributed by atoms with van der Waals surface area (Å²) in [4.78, 5) is 47.9. The number of nitrogens with one attached hydrogen (secondary N) is 1. The minimum Gasteiger partial charge on any atom is -0.508 e. The molecule has 27 heavy (non-hydrogen) atoms. The van der Waals surface area contributed by atoms with E-state index < -0.39 is 52.5 Å². The minimum atomic E-state index is -1.59. The van der Waals surface area contributed by atoms with Gasteiger partial charge < -0.3 is 25.7 Å². The van der Waals surface area contributed by atoms with Gasteiger partial charge in [-0.2, -0.15) is 0 Å². The molecule has 0 saturated carbocycles. The highest BCUT2D eigenvalue weighted by Gasteiger charge is 2.55. The van der Waals surface area contributed by atoms with E-state index in [2.05, 4.69) is 5.32 Å². The molecule has 0 bridgehead atoms. The number of aliphatic hydroxyl groups excluding tert-OH is 1. The van der Waals surface area contributed by atoms with Crippen LogP contribution in [0.5, 0.6) is 5.75 Å². The Labute approximate surface area is 156 Å². The van der Waals surface area contributed by atoms with Crippen molar-refractivity contribution in [2.75, 3.05) is 5.75 Å². The smallest absolute Gasteiger partial charge is 0.353 e. The summed E-state index contributed by atoms with van der Waals surface area (Å²) >= 11 is 1.01. The molecule has 142 valence electrons. The number of hydrogen-bond acceptors (Lipinski definition) is 7. The number of amides is 2. The first-order valence-corrected chi connectivity index (χ1v) is 8.69. The topological polar surface area (TPSA) is 164 Å². The van der Waals surface area contributed by atoms with Crippen LogP contribution in [0, 0.1) is 0 Å². The van der Waals surface area contributed by atoms with E-state index in [1.54, 1.807) is 0 Å².